The quantitative estimate of drug-likeness (QED) is 0.412. The van der Waals surface area contributed by atoms with Crippen molar-refractivity contribution in [3.63, 3.8) is 0 Å². The Morgan fingerprint density at radius 3 is 2.45 bits per heavy atom. The summed E-state index contributed by atoms with van der Waals surface area (Å²) in [7, 11) is 0.705. The number of nitrogens with zero attached hydrogens (tertiary/aromatic N) is 5. The Hall–Kier alpha value is -0.940. The fraction of sp³-hybridized carbons (Fsp3) is 0.947. The molecular formula is C19H40N6O3S. The van der Waals surface area contributed by atoms with Crippen molar-refractivity contribution < 1.29 is 13.2 Å². The molecule has 170 valence electrons. The van der Waals surface area contributed by atoms with Gasteiger partial charge in [-0.1, -0.05) is 0 Å². The van der Waals surface area contributed by atoms with Crippen LogP contribution in [0.1, 0.15) is 20.3 Å². The topological polar surface area (TPSA) is 80.7 Å². The van der Waals surface area contributed by atoms with E-state index in [-0.39, 0.29) is 18.5 Å². The molecule has 2 aliphatic heterocycles. The minimum Gasteiger partial charge on any atom is -0.378 e. The molecule has 2 saturated heterocycles. The van der Waals surface area contributed by atoms with Crippen molar-refractivity contribution in [1.82, 2.24) is 24.3 Å². The molecule has 2 rings (SSSR count). The average Bonchev–Trinajstić information content (AvgIpc) is 2.89. The van der Waals surface area contributed by atoms with Gasteiger partial charge in [0.2, 0.25) is 10.0 Å². The third-order valence-corrected chi connectivity index (χ3v) is 7.29. The molecule has 0 aliphatic carbocycles. The number of aliphatic imine (C=N–C) groups is 1. The first-order valence-corrected chi connectivity index (χ1v) is 12.4. The number of hydrogen-bond donors (Lipinski definition) is 1. The maximum absolute atomic E-state index is 12.5. The van der Waals surface area contributed by atoms with Crippen molar-refractivity contribution in [2.75, 3.05) is 91.9 Å². The van der Waals surface area contributed by atoms with E-state index in [1.807, 2.05) is 13.8 Å². The molecule has 0 aromatic heterocycles. The highest BCUT2D eigenvalue weighted by molar-refractivity contribution is 7.89. The van der Waals surface area contributed by atoms with Crippen LogP contribution < -0.4 is 5.32 Å². The van der Waals surface area contributed by atoms with Crippen LogP contribution in [0.5, 0.6) is 0 Å². The number of rotatable bonds is 8. The van der Waals surface area contributed by atoms with Gasteiger partial charge in [0, 0.05) is 59.4 Å². The first kappa shape index (κ1) is 24.3. The van der Waals surface area contributed by atoms with Gasteiger partial charge in [0.05, 0.1) is 18.5 Å². The van der Waals surface area contributed by atoms with Crippen LogP contribution in [0, 0.1) is 0 Å². The SMILES string of the molecule is CN=C(NCCN1CCCN(C)CC1)N1CCN(S(=O)(=O)CCOC(C)C)CC1. The summed E-state index contributed by atoms with van der Waals surface area (Å²) in [5.41, 5.74) is 0. The van der Waals surface area contributed by atoms with Crippen LogP contribution in [0.2, 0.25) is 0 Å². The van der Waals surface area contributed by atoms with Crippen molar-refractivity contribution in [1.29, 1.82) is 0 Å². The molecule has 0 saturated carbocycles. The van der Waals surface area contributed by atoms with E-state index in [2.05, 4.69) is 32.1 Å². The zero-order valence-corrected chi connectivity index (χ0v) is 19.5. The molecule has 0 bridgehead atoms. The standard InChI is InChI=1S/C19H40N6O3S/c1-18(2)28-16-17-29(26,27)25-14-12-24(13-15-25)19(20-3)21-6-9-23-8-5-7-22(4)10-11-23/h18H,5-17H2,1-4H3,(H,20,21). The fourth-order valence-corrected chi connectivity index (χ4v) is 4.96. The lowest BCUT2D eigenvalue weighted by Gasteiger charge is -2.36. The Kier molecular flexibility index (Phi) is 10.1. The van der Waals surface area contributed by atoms with Crippen molar-refractivity contribution in [2.24, 2.45) is 4.99 Å². The Morgan fingerprint density at radius 1 is 1.07 bits per heavy atom. The number of nitrogens with one attached hydrogen (secondary N) is 1. The Labute approximate surface area is 177 Å². The number of likely N-dealkylation sites (N-methyl/N-ethyl adjacent to an activating group) is 1. The normalized spacial score (nSPS) is 21.6. The molecule has 2 heterocycles. The largest absolute Gasteiger partial charge is 0.378 e. The zero-order chi connectivity index (χ0) is 21.3. The molecule has 1 N–H and O–H groups in total. The summed E-state index contributed by atoms with van der Waals surface area (Å²) < 4.78 is 31.9. The first-order chi connectivity index (χ1) is 13.8. The van der Waals surface area contributed by atoms with E-state index < -0.39 is 10.0 Å². The van der Waals surface area contributed by atoms with Crippen molar-refractivity contribution in [3.8, 4) is 0 Å². The minimum absolute atomic E-state index is 0.0448. The summed E-state index contributed by atoms with van der Waals surface area (Å²) in [6.07, 6.45) is 1.26. The van der Waals surface area contributed by atoms with E-state index in [1.54, 1.807) is 11.4 Å². The highest BCUT2D eigenvalue weighted by Crippen LogP contribution is 2.09. The maximum Gasteiger partial charge on any atom is 0.216 e. The van der Waals surface area contributed by atoms with Gasteiger partial charge in [-0.05, 0) is 40.4 Å². The van der Waals surface area contributed by atoms with Gasteiger partial charge < -0.3 is 24.8 Å². The third-order valence-electron chi connectivity index (χ3n) is 5.46. The molecule has 0 radical (unpaired) electrons. The van der Waals surface area contributed by atoms with Crippen molar-refractivity contribution in [3.05, 3.63) is 0 Å². The second-order valence-electron chi connectivity index (χ2n) is 8.09. The summed E-state index contributed by atoms with van der Waals surface area (Å²) in [4.78, 5) is 11.4. The Bertz CT molecular complexity index is 605. The van der Waals surface area contributed by atoms with Gasteiger partial charge in [0.25, 0.3) is 0 Å². The molecule has 0 atom stereocenters. The van der Waals surface area contributed by atoms with E-state index in [4.69, 9.17) is 4.74 Å². The van der Waals surface area contributed by atoms with Gasteiger partial charge in [-0.15, -0.1) is 0 Å². The van der Waals surface area contributed by atoms with Gasteiger partial charge in [-0.25, -0.2) is 8.42 Å². The lowest BCUT2D eigenvalue weighted by molar-refractivity contribution is 0.0904. The number of piperazine rings is 1. The molecule has 0 aromatic carbocycles. The van der Waals surface area contributed by atoms with Gasteiger partial charge in [0.15, 0.2) is 5.96 Å². The molecule has 9 nitrogen and oxygen atoms in total. The molecule has 2 aliphatic rings. The van der Waals surface area contributed by atoms with Crippen LogP contribution in [0.15, 0.2) is 4.99 Å². The second kappa shape index (κ2) is 12.0. The predicted octanol–water partition coefficient (Wildman–Crippen LogP) is -0.428. The summed E-state index contributed by atoms with van der Waals surface area (Å²) in [6, 6.07) is 0. The number of hydrogen-bond acceptors (Lipinski definition) is 6. The average molecular weight is 433 g/mol. The lowest BCUT2D eigenvalue weighted by atomic mass is 10.3. The van der Waals surface area contributed by atoms with E-state index in [0.29, 0.717) is 26.2 Å². The first-order valence-electron chi connectivity index (χ1n) is 10.8. The Balaban J connectivity index is 1.72. The highest BCUT2D eigenvalue weighted by atomic mass is 32.2. The molecule has 0 unspecified atom stereocenters. The van der Waals surface area contributed by atoms with E-state index in [1.165, 1.54) is 13.0 Å². The summed E-state index contributed by atoms with van der Waals surface area (Å²) in [5.74, 6) is 0.903. The molecule has 2 fully saturated rings. The lowest BCUT2D eigenvalue weighted by Crippen LogP contribution is -2.54. The highest BCUT2D eigenvalue weighted by Gasteiger charge is 2.28. The van der Waals surface area contributed by atoms with Gasteiger partial charge >= 0.3 is 0 Å². The maximum atomic E-state index is 12.5. The monoisotopic (exact) mass is 432 g/mol. The zero-order valence-electron chi connectivity index (χ0n) is 18.6. The van der Waals surface area contributed by atoms with E-state index in [0.717, 1.165) is 38.7 Å². The molecule has 0 aromatic rings. The van der Waals surface area contributed by atoms with Crippen molar-refractivity contribution >= 4 is 16.0 Å². The van der Waals surface area contributed by atoms with Crippen molar-refractivity contribution in [2.45, 2.75) is 26.4 Å². The van der Waals surface area contributed by atoms with Crippen LogP contribution in [-0.4, -0.2) is 131 Å². The van der Waals surface area contributed by atoms with Crippen LogP contribution in [0.25, 0.3) is 0 Å². The summed E-state index contributed by atoms with van der Waals surface area (Å²) in [5, 5.41) is 3.45. The summed E-state index contributed by atoms with van der Waals surface area (Å²) in [6.45, 7) is 12.7. The number of sulfonamides is 1. The van der Waals surface area contributed by atoms with E-state index >= 15 is 0 Å². The van der Waals surface area contributed by atoms with Crippen LogP contribution >= 0.6 is 0 Å². The molecule has 0 spiro atoms. The molecule has 10 heteroatoms. The molecule has 29 heavy (non-hydrogen) atoms. The van der Waals surface area contributed by atoms with Crippen LogP contribution in [-0.2, 0) is 14.8 Å². The molecule has 0 amide bonds. The third kappa shape index (κ3) is 8.37. The number of ether oxygens (including phenoxy) is 1. The number of guanidine groups is 1. The minimum atomic E-state index is -3.26. The van der Waals surface area contributed by atoms with Crippen LogP contribution in [0.4, 0.5) is 0 Å². The Morgan fingerprint density at radius 2 is 1.79 bits per heavy atom. The predicted molar refractivity (Wildman–Crippen MR) is 118 cm³/mol. The smallest absolute Gasteiger partial charge is 0.216 e. The van der Waals surface area contributed by atoms with Crippen LogP contribution in [0.3, 0.4) is 0 Å². The van der Waals surface area contributed by atoms with Gasteiger partial charge in [-0.3, -0.25) is 4.99 Å². The molecular weight excluding hydrogens is 392 g/mol. The van der Waals surface area contributed by atoms with Gasteiger partial charge in [-0.2, -0.15) is 4.31 Å². The summed E-state index contributed by atoms with van der Waals surface area (Å²) >= 11 is 0. The van der Waals surface area contributed by atoms with E-state index in [9.17, 15) is 8.42 Å². The second-order valence-corrected chi connectivity index (χ2v) is 10.2. The van der Waals surface area contributed by atoms with Gasteiger partial charge in [0.1, 0.15) is 0 Å². The fourth-order valence-electron chi connectivity index (χ4n) is 3.68.